The second-order valence-electron chi connectivity index (χ2n) is 6.87. The number of fused-ring (bicyclic) bond motifs is 1. The lowest BCUT2D eigenvalue weighted by Gasteiger charge is -2.33. The van der Waals surface area contributed by atoms with Crippen LogP contribution < -0.4 is 10.5 Å². The number of nitrogens with one attached hydrogen (secondary N) is 1. The molecule has 1 aliphatic carbocycles. The predicted molar refractivity (Wildman–Crippen MR) is 105 cm³/mol. The Kier molecular flexibility index (Phi) is 5.24. The predicted octanol–water partition coefficient (Wildman–Crippen LogP) is 3.72. The molecule has 0 fully saturated rings. The second-order valence-corrected chi connectivity index (χ2v) is 6.87. The molecule has 0 spiro atoms. The van der Waals surface area contributed by atoms with E-state index in [0.717, 1.165) is 6.08 Å². The highest BCUT2D eigenvalue weighted by molar-refractivity contribution is 5.86. The maximum absolute atomic E-state index is 13.2. The average Bonchev–Trinajstić information content (AvgIpc) is 3.19. The summed E-state index contributed by atoms with van der Waals surface area (Å²) in [5.41, 5.74) is 7.04. The van der Waals surface area contributed by atoms with Gasteiger partial charge in [0.2, 0.25) is 17.6 Å². The van der Waals surface area contributed by atoms with Crippen LogP contribution in [0.3, 0.4) is 0 Å². The van der Waals surface area contributed by atoms with Crippen molar-refractivity contribution in [1.82, 2.24) is 15.0 Å². The molecule has 2 heterocycles. The van der Waals surface area contributed by atoms with Crippen molar-refractivity contribution < 1.29 is 27.4 Å². The number of primary amides is 1. The van der Waals surface area contributed by atoms with Crippen LogP contribution in [0.4, 0.5) is 13.2 Å². The number of aromatic amines is 1. The number of carbonyl (C=O) groups is 1. The number of benzene rings is 1. The summed E-state index contributed by atoms with van der Waals surface area (Å²) in [5, 5.41) is 0.398. The number of allylic oxidation sites excluding steroid dienone is 1. The zero-order chi connectivity index (χ0) is 22.1. The smallest absolute Gasteiger partial charge is 0.440 e. The number of alkyl halides is 3. The third-order valence-corrected chi connectivity index (χ3v) is 4.78. The highest BCUT2D eigenvalue weighted by atomic mass is 19.4. The first kappa shape index (κ1) is 20.6. The standard InChI is InChI=1S/C21H17F3N4O3/c22-21(23,24)31-20(30-19-15-8-11-26-18(15)27-12-28-19)9-6-14(7-10-20)16(17(25)29)13-4-2-1-3-5-13/h1-9,11-12,16H,10H2,(H2,25,29)(H,26,27,28). The van der Waals surface area contributed by atoms with Crippen LogP contribution >= 0.6 is 0 Å². The van der Waals surface area contributed by atoms with E-state index in [1.165, 1.54) is 18.5 Å². The van der Waals surface area contributed by atoms with E-state index in [2.05, 4.69) is 19.7 Å². The third-order valence-electron chi connectivity index (χ3n) is 4.78. The first-order valence-corrected chi connectivity index (χ1v) is 9.24. The number of rotatable bonds is 6. The van der Waals surface area contributed by atoms with Crippen molar-refractivity contribution >= 4 is 16.9 Å². The maximum atomic E-state index is 13.2. The molecule has 0 saturated heterocycles. The molecule has 0 radical (unpaired) electrons. The number of nitrogens with zero attached hydrogens (tertiary/aromatic N) is 2. The third kappa shape index (κ3) is 4.43. The molecule has 3 N–H and O–H groups in total. The van der Waals surface area contributed by atoms with Gasteiger partial charge < -0.3 is 15.5 Å². The van der Waals surface area contributed by atoms with Gasteiger partial charge in [0.05, 0.1) is 11.3 Å². The number of halogens is 3. The second kappa shape index (κ2) is 7.88. The Bertz CT molecular complexity index is 1160. The number of hydrogen-bond acceptors (Lipinski definition) is 5. The van der Waals surface area contributed by atoms with E-state index in [0.29, 0.717) is 22.2 Å². The molecule has 160 valence electrons. The fourth-order valence-corrected chi connectivity index (χ4v) is 3.46. The maximum Gasteiger partial charge on any atom is 0.526 e. The van der Waals surface area contributed by atoms with Crippen LogP contribution in [-0.4, -0.2) is 33.0 Å². The van der Waals surface area contributed by atoms with Crippen LogP contribution in [0.5, 0.6) is 5.88 Å². The molecule has 0 aliphatic heterocycles. The van der Waals surface area contributed by atoms with E-state index < -0.39 is 24.0 Å². The first-order chi connectivity index (χ1) is 14.8. The quantitative estimate of drug-likeness (QED) is 0.580. The molecule has 0 saturated carbocycles. The minimum Gasteiger partial charge on any atom is -0.440 e. The Morgan fingerprint density at radius 3 is 2.61 bits per heavy atom. The number of aromatic nitrogens is 3. The minimum absolute atomic E-state index is 0.0773. The Balaban J connectivity index is 1.67. The van der Waals surface area contributed by atoms with E-state index in [1.54, 1.807) is 42.6 Å². The Hall–Kier alpha value is -3.66. The SMILES string of the molecule is NC(=O)C(C1=CCC(Oc2ncnc3[nH]ccc23)(OC(F)(F)F)C=C1)c1ccccc1. The lowest BCUT2D eigenvalue weighted by atomic mass is 9.86. The molecule has 2 aromatic heterocycles. The van der Waals surface area contributed by atoms with Crippen LogP contribution in [0.2, 0.25) is 0 Å². The van der Waals surface area contributed by atoms with Crippen LogP contribution in [0, 0.1) is 0 Å². The molecule has 7 nitrogen and oxygen atoms in total. The van der Waals surface area contributed by atoms with Crippen molar-refractivity contribution in [2.75, 3.05) is 0 Å². The van der Waals surface area contributed by atoms with Crippen molar-refractivity contribution in [3.63, 3.8) is 0 Å². The first-order valence-electron chi connectivity index (χ1n) is 9.24. The van der Waals surface area contributed by atoms with Gasteiger partial charge in [0.1, 0.15) is 12.0 Å². The van der Waals surface area contributed by atoms with Crippen molar-refractivity contribution in [3.05, 3.63) is 78.3 Å². The molecular formula is C21H17F3N4O3. The van der Waals surface area contributed by atoms with Crippen LogP contribution in [0.25, 0.3) is 11.0 Å². The van der Waals surface area contributed by atoms with E-state index in [1.807, 2.05) is 0 Å². The van der Waals surface area contributed by atoms with Gasteiger partial charge in [-0.3, -0.25) is 4.79 Å². The zero-order valence-electron chi connectivity index (χ0n) is 16.0. The van der Waals surface area contributed by atoms with E-state index in [4.69, 9.17) is 10.5 Å². The van der Waals surface area contributed by atoms with Gasteiger partial charge in [0, 0.05) is 12.6 Å². The molecule has 0 bridgehead atoms. The van der Waals surface area contributed by atoms with E-state index >= 15 is 0 Å². The van der Waals surface area contributed by atoms with E-state index in [9.17, 15) is 18.0 Å². The Morgan fingerprint density at radius 2 is 1.97 bits per heavy atom. The fourth-order valence-electron chi connectivity index (χ4n) is 3.46. The van der Waals surface area contributed by atoms with Gasteiger partial charge in [-0.05, 0) is 23.3 Å². The number of ether oxygens (including phenoxy) is 2. The highest BCUT2D eigenvalue weighted by Gasteiger charge is 2.45. The summed E-state index contributed by atoms with van der Waals surface area (Å²) in [6, 6.07) is 10.3. The summed E-state index contributed by atoms with van der Waals surface area (Å²) in [5.74, 6) is -3.74. The molecule has 4 rings (SSSR count). The molecule has 3 aromatic rings. The number of nitrogens with two attached hydrogens (primary N) is 1. The molecule has 31 heavy (non-hydrogen) atoms. The summed E-state index contributed by atoms with van der Waals surface area (Å²) in [4.78, 5) is 22.9. The van der Waals surface area contributed by atoms with Crippen molar-refractivity contribution in [1.29, 1.82) is 0 Å². The minimum atomic E-state index is -4.98. The van der Waals surface area contributed by atoms with Crippen molar-refractivity contribution in [2.45, 2.75) is 24.5 Å². The molecule has 2 atom stereocenters. The van der Waals surface area contributed by atoms with Crippen molar-refractivity contribution in [2.24, 2.45) is 5.73 Å². The topological polar surface area (TPSA) is 103 Å². The summed E-state index contributed by atoms with van der Waals surface area (Å²) in [6.07, 6.45) is 1.34. The van der Waals surface area contributed by atoms with Crippen molar-refractivity contribution in [3.8, 4) is 5.88 Å². The van der Waals surface area contributed by atoms with Gasteiger partial charge in [0.25, 0.3) is 0 Å². The van der Waals surface area contributed by atoms with Gasteiger partial charge in [0.15, 0.2) is 0 Å². The number of amides is 1. The van der Waals surface area contributed by atoms with Gasteiger partial charge >= 0.3 is 6.36 Å². The molecule has 1 amide bonds. The van der Waals surface area contributed by atoms with Gasteiger partial charge in [-0.15, -0.1) is 13.2 Å². The van der Waals surface area contributed by atoms with Gasteiger partial charge in [-0.25, -0.2) is 14.7 Å². The van der Waals surface area contributed by atoms with Crippen LogP contribution in [-0.2, 0) is 9.53 Å². The Morgan fingerprint density at radius 1 is 1.19 bits per heavy atom. The summed E-state index contributed by atoms with van der Waals surface area (Å²) in [7, 11) is 0. The molecule has 1 aromatic carbocycles. The van der Waals surface area contributed by atoms with Crippen LogP contribution in [0.1, 0.15) is 17.9 Å². The van der Waals surface area contributed by atoms with Gasteiger partial charge in [-0.2, -0.15) is 0 Å². The molecule has 1 aliphatic rings. The number of carbonyl (C=O) groups excluding carboxylic acids is 1. The monoisotopic (exact) mass is 430 g/mol. The van der Waals surface area contributed by atoms with Crippen LogP contribution in [0.15, 0.2) is 72.7 Å². The summed E-state index contributed by atoms with van der Waals surface area (Å²) in [6.45, 7) is 0. The normalized spacial score (nSPS) is 19.8. The number of hydrogen-bond donors (Lipinski definition) is 2. The molecule has 10 heteroatoms. The number of H-pyrrole nitrogens is 1. The van der Waals surface area contributed by atoms with E-state index in [-0.39, 0.29) is 12.3 Å². The lowest BCUT2D eigenvalue weighted by Crippen LogP contribution is -2.43. The fraction of sp³-hybridized carbons (Fsp3) is 0.190. The molecule has 2 unspecified atom stereocenters. The highest BCUT2D eigenvalue weighted by Crippen LogP contribution is 2.38. The average molecular weight is 430 g/mol. The largest absolute Gasteiger partial charge is 0.526 e. The summed E-state index contributed by atoms with van der Waals surface area (Å²) >= 11 is 0. The van der Waals surface area contributed by atoms with Gasteiger partial charge in [-0.1, -0.05) is 42.5 Å². The summed E-state index contributed by atoms with van der Waals surface area (Å²) < 4.78 is 49.6. The Labute approximate surface area is 174 Å². The lowest BCUT2D eigenvalue weighted by molar-refractivity contribution is -0.389. The zero-order valence-corrected chi connectivity index (χ0v) is 16.0. The molecular weight excluding hydrogens is 413 g/mol.